The van der Waals surface area contributed by atoms with E-state index in [9.17, 15) is 10.1 Å². The van der Waals surface area contributed by atoms with E-state index in [4.69, 9.17) is 26.8 Å². The highest BCUT2D eigenvalue weighted by Gasteiger charge is 2.37. The minimum Gasteiger partial charge on any atom is -0.495 e. The standard InChI is InChI=1S/C25H21ClN4O3/c1-13-8-9-18-15(10-13)11-16(23(26)29-18)22-17(12-27)24(28)33-14(2)21(22)25(31)30-19-6-4-5-7-20(19)32-3/h4-11,22H,28H2,1-3H3,(H,30,31)/t22-/m1/s1. The molecule has 0 spiro atoms. The third-order valence-corrected chi connectivity index (χ3v) is 5.77. The van der Waals surface area contributed by atoms with Crippen molar-refractivity contribution in [2.75, 3.05) is 12.4 Å². The Morgan fingerprint density at radius 2 is 2.00 bits per heavy atom. The zero-order chi connectivity index (χ0) is 23.7. The number of rotatable bonds is 4. The number of nitriles is 1. The number of amides is 1. The van der Waals surface area contributed by atoms with E-state index in [1.165, 1.54) is 7.11 Å². The summed E-state index contributed by atoms with van der Waals surface area (Å²) >= 11 is 6.57. The van der Waals surface area contributed by atoms with Crippen LogP contribution in [0.15, 0.2) is 71.3 Å². The Balaban J connectivity index is 1.87. The molecule has 33 heavy (non-hydrogen) atoms. The predicted molar refractivity (Wildman–Crippen MR) is 126 cm³/mol. The number of benzene rings is 2. The molecule has 166 valence electrons. The molecule has 2 aromatic carbocycles. The first-order valence-electron chi connectivity index (χ1n) is 10.1. The number of allylic oxidation sites excluding steroid dienone is 2. The van der Waals surface area contributed by atoms with Gasteiger partial charge in [-0.05, 0) is 44.2 Å². The number of para-hydroxylation sites is 2. The maximum Gasteiger partial charge on any atom is 0.256 e. The van der Waals surface area contributed by atoms with E-state index < -0.39 is 11.8 Å². The van der Waals surface area contributed by atoms with Crippen molar-refractivity contribution in [3.8, 4) is 11.8 Å². The number of nitrogens with zero attached hydrogens (tertiary/aromatic N) is 2. The quantitative estimate of drug-likeness (QED) is 0.534. The fourth-order valence-electron chi connectivity index (χ4n) is 3.92. The number of carbonyl (C=O) groups is 1. The number of methoxy groups -OCH3 is 1. The Hall–Kier alpha value is -4.02. The van der Waals surface area contributed by atoms with Gasteiger partial charge in [0.05, 0.1) is 29.8 Å². The van der Waals surface area contributed by atoms with Gasteiger partial charge in [0.2, 0.25) is 5.88 Å². The number of halogens is 1. The summed E-state index contributed by atoms with van der Waals surface area (Å²) in [7, 11) is 1.52. The smallest absolute Gasteiger partial charge is 0.256 e. The Kier molecular flexibility index (Phi) is 5.95. The third kappa shape index (κ3) is 4.09. The minimum atomic E-state index is -0.858. The number of fused-ring (bicyclic) bond motifs is 1. The first-order valence-corrected chi connectivity index (χ1v) is 10.5. The van der Waals surface area contributed by atoms with Crippen LogP contribution in [0.25, 0.3) is 10.9 Å². The lowest BCUT2D eigenvalue weighted by molar-refractivity contribution is -0.113. The molecule has 1 aliphatic heterocycles. The summed E-state index contributed by atoms with van der Waals surface area (Å²) in [6, 6.07) is 16.7. The molecule has 3 N–H and O–H groups in total. The normalized spacial score (nSPS) is 15.8. The zero-order valence-electron chi connectivity index (χ0n) is 18.3. The number of pyridine rings is 1. The second-order valence-corrected chi connectivity index (χ2v) is 7.97. The van der Waals surface area contributed by atoms with E-state index >= 15 is 0 Å². The minimum absolute atomic E-state index is 0.0748. The monoisotopic (exact) mass is 460 g/mol. The molecule has 1 aromatic heterocycles. The van der Waals surface area contributed by atoms with Gasteiger partial charge in [-0.3, -0.25) is 4.79 Å². The largest absolute Gasteiger partial charge is 0.495 e. The maximum absolute atomic E-state index is 13.5. The van der Waals surface area contributed by atoms with E-state index in [-0.39, 0.29) is 27.9 Å². The lowest BCUT2D eigenvalue weighted by atomic mass is 9.82. The Morgan fingerprint density at radius 3 is 2.73 bits per heavy atom. The lowest BCUT2D eigenvalue weighted by Crippen LogP contribution is -2.28. The third-order valence-electron chi connectivity index (χ3n) is 5.47. The molecule has 4 rings (SSSR count). The number of anilines is 1. The van der Waals surface area contributed by atoms with Crippen LogP contribution in [0.3, 0.4) is 0 Å². The van der Waals surface area contributed by atoms with Crippen LogP contribution in [0.2, 0.25) is 5.15 Å². The fourth-order valence-corrected chi connectivity index (χ4v) is 4.17. The molecule has 0 unspecified atom stereocenters. The van der Waals surface area contributed by atoms with Gasteiger partial charge >= 0.3 is 0 Å². The number of carbonyl (C=O) groups excluding carboxylic acids is 1. The number of nitrogens with one attached hydrogen (secondary N) is 1. The van der Waals surface area contributed by atoms with Crippen LogP contribution in [0.4, 0.5) is 5.69 Å². The van der Waals surface area contributed by atoms with Gasteiger partial charge in [-0.2, -0.15) is 5.26 Å². The number of ether oxygens (including phenoxy) is 2. The highest BCUT2D eigenvalue weighted by atomic mass is 35.5. The molecule has 0 aliphatic carbocycles. The van der Waals surface area contributed by atoms with Crippen LogP contribution in [-0.4, -0.2) is 18.0 Å². The van der Waals surface area contributed by atoms with Crippen LogP contribution < -0.4 is 15.8 Å². The molecule has 0 saturated carbocycles. The molecule has 1 atom stereocenters. The topological polar surface area (TPSA) is 110 Å². The summed E-state index contributed by atoms with van der Waals surface area (Å²) in [5.41, 5.74) is 9.05. The number of nitrogens with two attached hydrogens (primary N) is 1. The van der Waals surface area contributed by atoms with E-state index in [2.05, 4.69) is 16.4 Å². The summed E-state index contributed by atoms with van der Waals surface area (Å²) < 4.78 is 10.9. The molecule has 0 saturated heterocycles. The van der Waals surface area contributed by atoms with E-state index in [0.29, 0.717) is 22.5 Å². The number of aryl methyl sites for hydroxylation is 1. The highest BCUT2D eigenvalue weighted by Crippen LogP contribution is 2.42. The van der Waals surface area contributed by atoms with E-state index in [0.717, 1.165) is 10.9 Å². The van der Waals surface area contributed by atoms with Crippen LogP contribution in [0.5, 0.6) is 5.75 Å². The van der Waals surface area contributed by atoms with Gasteiger partial charge in [0, 0.05) is 10.9 Å². The summed E-state index contributed by atoms with van der Waals surface area (Å²) in [6.45, 7) is 3.59. The van der Waals surface area contributed by atoms with E-state index in [1.807, 2.05) is 31.2 Å². The highest BCUT2D eigenvalue weighted by molar-refractivity contribution is 6.31. The maximum atomic E-state index is 13.5. The number of hydrogen-bond donors (Lipinski definition) is 2. The van der Waals surface area contributed by atoms with Gasteiger partial charge in [-0.1, -0.05) is 35.4 Å². The van der Waals surface area contributed by atoms with Crippen molar-refractivity contribution in [2.45, 2.75) is 19.8 Å². The molecule has 2 heterocycles. The van der Waals surface area contributed by atoms with Gasteiger partial charge < -0.3 is 20.5 Å². The van der Waals surface area contributed by atoms with Crippen molar-refractivity contribution in [1.29, 1.82) is 5.26 Å². The van der Waals surface area contributed by atoms with Crippen molar-refractivity contribution < 1.29 is 14.3 Å². The number of aromatic nitrogens is 1. The molecule has 0 fully saturated rings. The molecular formula is C25H21ClN4O3. The summed E-state index contributed by atoms with van der Waals surface area (Å²) in [5.74, 6) is -0.640. The Morgan fingerprint density at radius 1 is 1.24 bits per heavy atom. The van der Waals surface area contributed by atoms with Crippen molar-refractivity contribution in [3.63, 3.8) is 0 Å². The van der Waals surface area contributed by atoms with Crippen LogP contribution >= 0.6 is 11.6 Å². The summed E-state index contributed by atoms with van der Waals surface area (Å²) in [4.78, 5) is 18.0. The molecular weight excluding hydrogens is 440 g/mol. The second-order valence-electron chi connectivity index (χ2n) is 7.61. The van der Waals surface area contributed by atoms with Crippen molar-refractivity contribution in [3.05, 3.63) is 87.6 Å². The first-order chi connectivity index (χ1) is 15.8. The Bertz CT molecular complexity index is 1390. The Labute approximate surface area is 196 Å². The van der Waals surface area contributed by atoms with Gasteiger partial charge in [0.15, 0.2) is 0 Å². The fraction of sp³-hybridized carbons (Fsp3) is 0.160. The first kappa shape index (κ1) is 22.2. The van der Waals surface area contributed by atoms with Crippen molar-refractivity contribution >= 4 is 34.1 Å². The van der Waals surface area contributed by atoms with Gasteiger partial charge in [0.1, 0.15) is 28.3 Å². The predicted octanol–water partition coefficient (Wildman–Crippen LogP) is 4.93. The van der Waals surface area contributed by atoms with Crippen molar-refractivity contribution in [1.82, 2.24) is 4.98 Å². The van der Waals surface area contributed by atoms with Crippen molar-refractivity contribution in [2.24, 2.45) is 5.73 Å². The molecule has 3 aromatic rings. The van der Waals surface area contributed by atoms with Gasteiger partial charge in [-0.15, -0.1) is 0 Å². The SMILES string of the molecule is COc1ccccc1NC(=O)C1=C(C)OC(N)=C(C#N)[C@H]1c1cc2cc(C)ccc2nc1Cl. The molecule has 1 aliphatic rings. The van der Waals surface area contributed by atoms with Gasteiger partial charge in [-0.25, -0.2) is 4.98 Å². The molecule has 1 amide bonds. The van der Waals surface area contributed by atoms with Gasteiger partial charge in [0.25, 0.3) is 5.91 Å². The lowest BCUT2D eigenvalue weighted by Gasteiger charge is -2.28. The molecule has 8 heteroatoms. The van der Waals surface area contributed by atoms with E-state index in [1.54, 1.807) is 31.2 Å². The van der Waals surface area contributed by atoms with Crippen LogP contribution in [0.1, 0.15) is 24.0 Å². The molecule has 0 radical (unpaired) electrons. The van der Waals surface area contributed by atoms with Crippen LogP contribution in [0, 0.1) is 18.3 Å². The molecule has 7 nitrogen and oxygen atoms in total. The average molecular weight is 461 g/mol. The number of hydrogen-bond acceptors (Lipinski definition) is 6. The average Bonchev–Trinajstić information content (AvgIpc) is 2.78. The zero-order valence-corrected chi connectivity index (χ0v) is 19.0. The van der Waals surface area contributed by atoms with Crippen LogP contribution in [-0.2, 0) is 9.53 Å². The second kappa shape index (κ2) is 8.85. The summed E-state index contributed by atoms with van der Waals surface area (Å²) in [6.07, 6.45) is 0. The summed E-state index contributed by atoms with van der Waals surface area (Å²) in [5, 5.41) is 13.7. The molecule has 0 bridgehead atoms.